The van der Waals surface area contributed by atoms with Gasteiger partial charge < -0.3 is 10.6 Å². The fraction of sp³-hybridized carbons (Fsp3) is 0.222. The average Bonchev–Trinajstić information content (AvgIpc) is 2.25. The molecule has 0 unspecified atom stereocenters. The first-order valence-electron chi connectivity index (χ1n) is 4.51. The van der Waals surface area contributed by atoms with Gasteiger partial charge in [-0.25, -0.2) is 18.4 Å². The maximum absolute atomic E-state index is 11.0. The number of carbonyl (C=O) groups excluding carboxylic acids is 1. The highest BCUT2D eigenvalue weighted by molar-refractivity contribution is 7.89. The van der Waals surface area contributed by atoms with Gasteiger partial charge in [0.2, 0.25) is 10.0 Å². The van der Waals surface area contributed by atoms with Crippen LogP contribution >= 0.6 is 0 Å². The van der Waals surface area contributed by atoms with Gasteiger partial charge in [-0.15, -0.1) is 0 Å². The summed E-state index contributed by atoms with van der Waals surface area (Å²) in [4.78, 5) is 10.9. The maximum atomic E-state index is 11.0. The molecular weight excluding hydrogens is 230 g/mol. The van der Waals surface area contributed by atoms with E-state index in [0.29, 0.717) is 6.54 Å². The highest BCUT2D eigenvalue weighted by Gasteiger charge is 2.06. The Morgan fingerprint density at radius 1 is 1.31 bits per heavy atom. The van der Waals surface area contributed by atoms with Crippen molar-refractivity contribution in [1.82, 2.24) is 10.6 Å². The normalized spacial score (nSPS) is 10.9. The topological polar surface area (TPSA) is 101 Å². The van der Waals surface area contributed by atoms with E-state index in [1.165, 1.54) is 19.2 Å². The first-order valence-corrected chi connectivity index (χ1v) is 6.05. The predicted octanol–water partition coefficient (Wildman–Crippen LogP) is -0.237. The van der Waals surface area contributed by atoms with E-state index in [1.54, 1.807) is 12.1 Å². The van der Waals surface area contributed by atoms with Crippen molar-refractivity contribution in [1.29, 1.82) is 0 Å². The lowest BCUT2D eigenvalue weighted by molar-refractivity contribution is 0.242. The van der Waals surface area contributed by atoms with Gasteiger partial charge in [-0.05, 0) is 17.7 Å². The molecule has 0 aliphatic rings. The number of nitrogens with two attached hydrogens (primary N) is 1. The number of sulfonamides is 1. The molecule has 0 fully saturated rings. The third kappa shape index (κ3) is 3.52. The van der Waals surface area contributed by atoms with Crippen LogP contribution in [0, 0.1) is 0 Å². The second-order valence-corrected chi connectivity index (χ2v) is 4.68. The minimum atomic E-state index is -3.66. The second-order valence-electron chi connectivity index (χ2n) is 3.12. The van der Waals surface area contributed by atoms with Gasteiger partial charge in [0.1, 0.15) is 0 Å². The number of rotatable bonds is 3. The third-order valence-electron chi connectivity index (χ3n) is 1.93. The second kappa shape index (κ2) is 4.95. The van der Waals surface area contributed by atoms with Crippen molar-refractivity contribution in [2.75, 3.05) is 7.05 Å². The fourth-order valence-electron chi connectivity index (χ4n) is 1.07. The summed E-state index contributed by atoms with van der Waals surface area (Å²) in [6.45, 7) is 0.324. The zero-order chi connectivity index (χ0) is 12.2. The van der Waals surface area contributed by atoms with Crippen molar-refractivity contribution >= 4 is 16.1 Å². The van der Waals surface area contributed by atoms with Crippen LogP contribution in [0.2, 0.25) is 0 Å². The van der Waals surface area contributed by atoms with Crippen LogP contribution < -0.4 is 15.8 Å². The van der Waals surface area contributed by atoms with E-state index >= 15 is 0 Å². The SMILES string of the molecule is CNC(=O)NCc1ccc(S(N)(=O)=O)cc1. The molecule has 1 aromatic carbocycles. The van der Waals surface area contributed by atoms with Crippen LogP contribution in [-0.2, 0) is 16.6 Å². The van der Waals surface area contributed by atoms with Gasteiger partial charge in [-0.2, -0.15) is 0 Å². The first-order chi connectivity index (χ1) is 7.43. The maximum Gasteiger partial charge on any atom is 0.314 e. The van der Waals surface area contributed by atoms with E-state index in [0.717, 1.165) is 5.56 Å². The van der Waals surface area contributed by atoms with Crippen molar-refractivity contribution in [3.05, 3.63) is 29.8 Å². The summed E-state index contributed by atoms with van der Waals surface area (Å²) >= 11 is 0. The molecule has 16 heavy (non-hydrogen) atoms. The molecule has 7 heteroatoms. The Labute approximate surface area is 93.9 Å². The zero-order valence-corrected chi connectivity index (χ0v) is 9.54. The highest BCUT2D eigenvalue weighted by atomic mass is 32.2. The van der Waals surface area contributed by atoms with Gasteiger partial charge >= 0.3 is 6.03 Å². The smallest absolute Gasteiger partial charge is 0.314 e. The van der Waals surface area contributed by atoms with Crippen LogP contribution in [0.5, 0.6) is 0 Å². The number of primary sulfonamides is 1. The van der Waals surface area contributed by atoms with Crippen molar-refractivity contribution in [3.8, 4) is 0 Å². The van der Waals surface area contributed by atoms with Crippen molar-refractivity contribution in [2.24, 2.45) is 5.14 Å². The molecule has 0 bridgehead atoms. The summed E-state index contributed by atoms with van der Waals surface area (Å²) in [6, 6.07) is 5.69. The molecule has 0 saturated heterocycles. The number of benzene rings is 1. The Morgan fingerprint density at radius 3 is 2.31 bits per heavy atom. The lowest BCUT2D eigenvalue weighted by Gasteiger charge is -2.05. The van der Waals surface area contributed by atoms with Crippen LogP contribution in [0.15, 0.2) is 29.2 Å². The molecule has 6 nitrogen and oxygen atoms in total. The number of nitrogens with one attached hydrogen (secondary N) is 2. The van der Waals surface area contributed by atoms with Crippen LogP contribution in [-0.4, -0.2) is 21.5 Å². The van der Waals surface area contributed by atoms with E-state index in [2.05, 4.69) is 10.6 Å². The van der Waals surface area contributed by atoms with Gasteiger partial charge in [0.05, 0.1) is 4.90 Å². The lowest BCUT2D eigenvalue weighted by Crippen LogP contribution is -2.32. The molecule has 1 rings (SSSR count). The molecule has 4 N–H and O–H groups in total. The fourth-order valence-corrected chi connectivity index (χ4v) is 1.58. The molecular formula is C9H13N3O3S. The molecule has 0 aliphatic carbocycles. The summed E-state index contributed by atoms with van der Waals surface area (Å²) in [5.74, 6) is 0. The van der Waals surface area contributed by atoms with Gasteiger partial charge in [-0.3, -0.25) is 0 Å². The monoisotopic (exact) mass is 243 g/mol. The Balaban J connectivity index is 2.69. The molecule has 2 amide bonds. The number of hydrogen-bond donors (Lipinski definition) is 3. The Hall–Kier alpha value is -1.60. The van der Waals surface area contributed by atoms with Gasteiger partial charge in [-0.1, -0.05) is 12.1 Å². The molecule has 0 aliphatic heterocycles. The molecule has 1 aromatic rings. The van der Waals surface area contributed by atoms with Crippen LogP contribution in [0.4, 0.5) is 4.79 Å². The minimum absolute atomic E-state index is 0.0520. The summed E-state index contributed by atoms with van der Waals surface area (Å²) in [5.41, 5.74) is 0.788. The van der Waals surface area contributed by atoms with E-state index in [-0.39, 0.29) is 10.9 Å². The van der Waals surface area contributed by atoms with Crippen LogP contribution in [0.25, 0.3) is 0 Å². The zero-order valence-electron chi connectivity index (χ0n) is 8.73. The first kappa shape index (κ1) is 12.5. The van der Waals surface area contributed by atoms with E-state index < -0.39 is 10.0 Å². The molecule has 0 saturated carbocycles. The molecule has 0 spiro atoms. The van der Waals surface area contributed by atoms with Crippen LogP contribution in [0.1, 0.15) is 5.56 Å². The highest BCUT2D eigenvalue weighted by Crippen LogP contribution is 2.08. The molecule has 0 heterocycles. The third-order valence-corrected chi connectivity index (χ3v) is 2.86. The van der Waals surface area contributed by atoms with Gasteiger partial charge in [0.15, 0.2) is 0 Å². The number of hydrogen-bond acceptors (Lipinski definition) is 3. The molecule has 0 radical (unpaired) electrons. The minimum Gasteiger partial charge on any atom is -0.341 e. The van der Waals surface area contributed by atoms with Crippen molar-refractivity contribution < 1.29 is 13.2 Å². The van der Waals surface area contributed by atoms with Crippen molar-refractivity contribution in [2.45, 2.75) is 11.4 Å². The Bertz CT molecular complexity index is 467. The quantitative estimate of drug-likeness (QED) is 0.683. The number of urea groups is 1. The number of carbonyl (C=O) groups is 1. The predicted molar refractivity (Wildman–Crippen MR) is 59.1 cm³/mol. The van der Waals surface area contributed by atoms with E-state index in [9.17, 15) is 13.2 Å². The van der Waals surface area contributed by atoms with Gasteiger partial charge in [0, 0.05) is 13.6 Å². The summed E-state index contributed by atoms with van der Waals surface area (Å²) in [5, 5.41) is 9.92. The summed E-state index contributed by atoms with van der Waals surface area (Å²) < 4.78 is 21.9. The van der Waals surface area contributed by atoms with E-state index in [4.69, 9.17) is 5.14 Å². The van der Waals surface area contributed by atoms with Crippen LogP contribution in [0.3, 0.4) is 0 Å². The molecule has 0 atom stereocenters. The Kier molecular flexibility index (Phi) is 3.86. The summed E-state index contributed by atoms with van der Waals surface area (Å²) in [7, 11) is -2.14. The molecule has 0 aromatic heterocycles. The largest absolute Gasteiger partial charge is 0.341 e. The molecule has 88 valence electrons. The average molecular weight is 243 g/mol. The Morgan fingerprint density at radius 2 is 1.88 bits per heavy atom. The van der Waals surface area contributed by atoms with Gasteiger partial charge in [0.25, 0.3) is 0 Å². The summed E-state index contributed by atoms with van der Waals surface area (Å²) in [6.07, 6.45) is 0. The van der Waals surface area contributed by atoms with E-state index in [1.807, 2.05) is 0 Å². The number of amides is 2. The lowest BCUT2D eigenvalue weighted by atomic mass is 10.2. The van der Waals surface area contributed by atoms with Crippen molar-refractivity contribution in [3.63, 3.8) is 0 Å². The standard InChI is InChI=1S/C9H13N3O3S/c1-11-9(13)12-6-7-2-4-8(5-3-7)16(10,14)15/h2-5H,6H2,1H3,(H2,10,14,15)(H2,11,12,13).